The molecule has 1 unspecified atom stereocenters. The Morgan fingerprint density at radius 2 is 1.66 bits per heavy atom. The molecular formula is C22H15Cl2N3O2. The summed E-state index contributed by atoms with van der Waals surface area (Å²) in [5, 5.41) is 16.7. The molecule has 144 valence electrons. The van der Waals surface area contributed by atoms with Gasteiger partial charge in [0.15, 0.2) is 0 Å². The third-order valence-electron chi connectivity index (χ3n) is 4.48. The van der Waals surface area contributed by atoms with Gasteiger partial charge in [0.25, 0.3) is 17.6 Å². The van der Waals surface area contributed by atoms with E-state index in [4.69, 9.17) is 23.2 Å². The van der Waals surface area contributed by atoms with Crippen molar-refractivity contribution in [3.05, 3.63) is 111 Å². The average molecular weight is 424 g/mol. The third kappa shape index (κ3) is 4.01. The van der Waals surface area contributed by atoms with Crippen molar-refractivity contribution in [2.75, 3.05) is 0 Å². The van der Waals surface area contributed by atoms with Crippen LogP contribution in [0.25, 0.3) is 0 Å². The quantitative estimate of drug-likeness (QED) is 0.471. The summed E-state index contributed by atoms with van der Waals surface area (Å²) in [5.74, 6) is 0.128. The molecule has 29 heavy (non-hydrogen) atoms. The zero-order valence-corrected chi connectivity index (χ0v) is 16.6. The van der Waals surface area contributed by atoms with Crippen LogP contribution in [0.15, 0.2) is 83.9 Å². The molecule has 5 nitrogen and oxygen atoms in total. The Kier molecular flexibility index (Phi) is 5.34. The molecule has 0 fully saturated rings. The number of hydrogen-bond acceptors (Lipinski definition) is 3. The number of hydroxylamine groups is 1. The van der Waals surface area contributed by atoms with Crippen molar-refractivity contribution in [1.29, 1.82) is 0 Å². The molecule has 3 aromatic carbocycles. The van der Waals surface area contributed by atoms with Gasteiger partial charge in [0.2, 0.25) is 0 Å². The molecule has 4 rings (SSSR count). The van der Waals surface area contributed by atoms with E-state index in [-0.39, 0.29) is 17.6 Å². The second-order valence-electron chi connectivity index (χ2n) is 6.42. The smallest absolute Gasteiger partial charge is 0.274 e. The molecular weight excluding hydrogens is 409 g/mol. The van der Waals surface area contributed by atoms with Crippen LogP contribution in [-0.2, 0) is 0 Å². The number of nitrogens with zero attached hydrogens (tertiary/aromatic N) is 2. The molecule has 1 atom stereocenters. The first-order chi connectivity index (χ1) is 14.0. The number of nitrogens with one attached hydrogen (secondary N) is 1. The molecule has 0 saturated heterocycles. The Labute approximate surface area is 177 Å². The van der Waals surface area contributed by atoms with Crippen LogP contribution in [0, 0.1) is 5.21 Å². The van der Waals surface area contributed by atoms with Gasteiger partial charge in [-0.1, -0.05) is 64.6 Å². The van der Waals surface area contributed by atoms with Gasteiger partial charge < -0.3 is 10.5 Å². The molecule has 0 bridgehead atoms. The minimum absolute atomic E-state index is 0.205. The van der Waals surface area contributed by atoms with Gasteiger partial charge in [-0.3, -0.25) is 4.79 Å². The van der Waals surface area contributed by atoms with Crippen molar-refractivity contribution in [2.24, 2.45) is 4.99 Å². The first kappa shape index (κ1) is 19.2. The monoisotopic (exact) mass is 423 g/mol. The SMILES string of the molecule is O=C(NC(C1=NC(c2ccc(Cl)cc2)=[N+]1[O-])c1ccccc1)c1cccc(Cl)c1. The summed E-state index contributed by atoms with van der Waals surface area (Å²) >= 11 is 11.9. The van der Waals surface area contributed by atoms with Crippen LogP contribution >= 0.6 is 23.2 Å². The van der Waals surface area contributed by atoms with E-state index in [1.165, 1.54) is 0 Å². The first-order valence-corrected chi connectivity index (χ1v) is 9.58. The first-order valence-electron chi connectivity index (χ1n) is 8.83. The molecule has 0 saturated carbocycles. The van der Waals surface area contributed by atoms with E-state index >= 15 is 0 Å². The van der Waals surface area contributed by atoms with E-state index in [0.29, 0.717) is 21.2 Å². The van der Waals surface area contributed by atoms with Crippen LogP contribution in [0.5, 0.6) is 0 Å². The Morgan fingerprint density at radius 1 is 0.931 bits per heavy atom. The maximum absolute atomic E-state index is 12.8. The fraction of sp³-hybridized carbons (Fsp3) is 0.0455. The van der Waals surface area contributed by atoms with E-state index < -0.39 is 6.04 Å². The number of rotatable bonds is 5. The van der Waals surface area contributed by atoms with Crippen molar-refractivity contribution in [1.82, 2.24) is 5.32 Å². The number of halogens is 2. The van der Waals surface area contributed by atoms with Gasteiger partial charge in [0.05, 0.1) is 5.56 Å². The molecule has 1 aliphatic heterocycles. The van der Waals surface area contributed by atoms with Crippen LogP contribution in [0.3, 0.4) is 0 Å². The Bertz CT molecular complexity index is 1130. The number of carbonyl (C=O) groups is 1. The maximum Gasteiger partial charge on any atom is 0.274 e. The summed E-state index contributed by atoms with van der Waals surface area (Å²) in [6.45, 7) is 0. The van der Waals surface area contributed by atoms with Gasteiger partial charge in [-0.2, -0.15) is 0 Å². The lowest BCUT2D eigenvalue weighted by Crippen LogP contribution is -2.44. The van der Waals surface area contributed by atoms with Gasteiger partial charge in [-0.05, 0) is 48.0 Å². The molecule has 0 spiro atoms. The van der Waals surface area contributed by atoms with Crippen LogP contribution in [0.2, 0.25) is 10.0 Å². The zero-order chi connectivity index (χ0) is 20.4. The van der Waals surface area contributed by atoms with Crippen molar-refractivity contribution in [2.45, 2.75) is 6.04 Å². The number of hydrogen-bond donors (Lipinski definition) is 1. The number of benzene rings is 3. The fourth-order valence-corrected chi connectivity index (χ4v) is 3.33. The van der Waals surface area contributed by atoms with Gasteiger partial charge in [0.1, 0.15) is 6.04 Å². The molecule has 1 N–H and O–H groups in total. The normalized spacial score (nSPS) is 14.1. The minimum Gasteiger partial charge on any atom is -0.740 e. The summed E-state index contributed by atoms with van der Waals surface area (Å²) in [6.07, 6.45) is 0. The van der Waals surface area contributed by atoms with Crippen molar-refractivity contribution >= 4 is 40.8 Å². The molecule has 1 aliphatic rings. The van der Waals surface area contributed by atoms with Crippen LogP contribution in [0.1, 0.15) is 27.5 Å². The highest BCUT2D eigenvalue weighted by atomic mass is 35.5. The van der Waals surface area contributed by atoms with E-state index in [0.717, 1.165) is 10.3 Å². The average Bonchev–Trinajstić information content (AvgIpc) is 2.74. The Hall–Kier alpha value is -3.15. The van der Waals surface area contributed by atoms with Gasteiger partial charge in [-0.15, -0.1) is 0 Å². The number of amides is 1. The molecule has 0 aromatic heterocycles. The van der Waals surface area contributed by atoms with Gasteiger partial charge in [-0.25, -0.2) is 4.74 Å². The Morgan fingerprint density at radius 3 is 2.31 bits per heavy atom. The van der Waals surface area contributed by atoms with E-state index in [1.807, 2.05) is 30.3 Å². The highest BCUT2D eigenvalue weighted by molar-refractivity contribution is 6.31. The summed E-state index contributed by atoms with van der Waals surface area (Å²) in [4.78, 5) is 17.2. The topological polar surface area (TPSA) is 67.5 Å². The lowest BCUT2D eigenvalue weighted by atomic mass is 10.0. The summed E-state index contributed by atoms with van der Waals surface area (Å²) in [7, 11) is 0. The van der Waals surface area contributed by atoms with E-state index in [2.05, 4.69) is 10.3 Å². The van der Waals surface area contributed by atoms with Crippen molar-refractivity contribution in [3.63, 3.8) is 0 Å². The molecule has 0 radical (unpaired) electrons. The predicted octanol–water partition coefficient (Wildman–Crippen LogP) is 4.83. The van der Waals surface area contributed by atoms with E-state index in [9.17, 15) is 10.0 Å². The van der Waals surface area contributed by atoms with Crippen molar-refractivity contribution < 1.29 is 9.53 Å². The molecule has 7 heteroatoms. The van der Waals surface area contributed by atoms with Crippen LogP contribution in [0.4, 0.5) is 0 Å². The maximum atomic E-state index is 12.8. The van der Waals surface area contributed by atoms with Gasteiger partial charge in [0, 0.05) is 15.6 Å². The van der Waals surface area contributed by atoms with Crippen molar-refractivity contribution in [3.8, 4) is 0 Å². The molecule has 0 aliphatic carbocycles. The summed E-state index contributed by atoms with van der Waals surface area (Å²) in [6, 6.07) is 22.0. The second kappa shape index (κ2) is 8.07. The summed E-state index contributed by atoms with van der Waals surface area (Å²) in [5.41, 5.74) is 1.80. The lowest BCUT2D eigenvalue weighted by molar-refractivity contribution is -0.344. The van der Waals surface area contributed by atoms with Gasteiger partial charge >= 0.3 is 0 Å². The molecule has 1 amide bonds. The van der Waals surface area contributed by atoms with Crippen LogP contribution < -0.4 is 5.32 Å². The number of amidine groups is 2. The molecule has 3 aromatic rings. The fourth-order valence-electron chi connectivity index (χ4n) is 3.01. The third-order valence-corrected chi connectivity index (χ3v) is 4.96. The zero-order valence-electron chi connectivity index (χ0n) is 15.0. The standard InChI is InChI=1S/C22H15Cl2N3O2/c23-17-11-9-15(10-12-17)20-26-21(27(20)29)19(14-5-2-1-3-6-14)25-22(28)16-7-4-8-18(24)13-16/h1-13,19H,(H,25,28). The summed E-state index contributed by atoms with van der Waals surface area (Å²) < 4.78 is 0.735. The number of aliphatic imine (C=N–C) groups is 1. The highest BCUT2D eigenvalue weighted by Gasteiger charge is 2.34. The lowest BCUT2D eigenvalue weighted by Gasteiger charge is -2.28. The highest BCUT2D eigenvalue weighted by Crippen LogP contribution is 2.23. The number of carbonyl (C=O) groups excluding carboxylic acids is 1. The van der Waals surface area contributed by atoms with E-state index in [1.54, 1.807) is 48.5 Å². The second-order valence-corrected chi connectivity index (χ2v) is 7.30. The van der Waals surface area contributed by atoms with Crippen LogP contribution in [-0.4, -0.2) is 22.3 Å². The molecule has 1 heterocycles. The minimum atomic E-state index is -0.698. The largest absolute Gasteiger partial charge is 0.740 e. The Balaban J connectivity index is 1.63. The predicted molar refractivity (Wildman–Crippen MR) is 115 cm³/mol.